The summed E-state index contributed by atoms with van der Waals surface area (Å²) in [6.07, 6.45) is 0.545. The number of Topliss-reactive ketones (excluding diaryl/α,β-unsaturated/α-hetero) is 1. The minimum absolute atomic E-state index is 0.177. The van der Waals surface area contributed by atoms with Crippen molar-refractivity contribution < 1.29 is 4.79 Å². The van der Waals surface area contributed by atoms with Crippen molar-refractivity contribution in [2.45, 2.75) is 11.8 Å². The van der Waals surface area contributed by atoms with E-state index >= 15 is 0 Å². The summed E-state index contributed by atoms with van der Waals surface area (Å²) < 4.78 is 1.03. The zero-order valence-electron chi connectivity index (χ0n) is 7.40. The lowest BCUT2D eigenvalue weighted by Gasteiger charge is -2.03. The average Bonchev–Trinajstić information content (AvgIpc) is 2.19. The molecule has 0 aromatic heterocycles. The highest BCUT2D eigenvalue weighted by molar-refractivity contribution is 9.10. The highest BCUT2D eigenvalue weighted by Gasteiger charge is 2.07. The first-order valence-corrected chi connectivity index (χ1v) is 7.16. The Morgan fingerprint density at radius 1 is 1.29 bits per heavy atom. The van der Waals surface area contributed by atoms with E-state index in [1.54, 1.807) is 0 Å². The standard InChI is InChI=1S/C10H9Br3O/c11-4-3-10(14)7-1-2-9(13)8(5-7)6-12/h1-2,5H,3-4,6H2. The number of halogens is 3. The maximum atomic E-state index is 11.6. The number of carbonyl (C=O) groups is 1. The summed E-state index contributed by atoms with van der Waals surface area (Å²) in [6.45, 7) is 0. The summed E-state index contributed by atoms with van der Waals surface area (Å²) in [5.74, 6) is 0.177. The first-order chi connectivity index (χ1) is 6.69. The van der Waals surface area contributed by atoms with E-state index in [1.807, 2.05) is 18.2 Å². The average molecular weight is 385 g/mol. The van der Waals surface area contributed by atoms with Gasteiger partial charge in [-0.15, -0.1) is 0 Å². The fourth-order valence-corrected chi connectivity index (χ4v) is 2.67. The number of benzene rings is 1. The van der Waals surface area contributed by atoms with Crippen LogP contribution >= 0.6 is 47.8 Å². The molecule has 0 bridgehead atoms. The first-order valence-electron chi connectivity index (χ1n) is 4.12. The van der Waals surface area contributed by atoms with E-state index in [0.717, 1.165) is 20.9 Å². The normalized spacial score (nSPS) is 10.2. The van der Waals surface area contributed by atoms with E-state index in [0.29, 0.717) is 11.8 Å². The van der Waals surface area contributed by atoms with Crippen LogP contribution < -0.4 is 0 Å². The van der Waals surface area contributed by atoms with E-state index in [9.17, 15) is 4.79 Å². The minimum Gasteiger partial charge on any atom is -0.294 e. The third-order valence-corrected chi connectivity index (χ3v) is 3.61. The molecule has 1 aromatic carbocycles. The van der Waals surface area contributed by atoms with Crippen LogP contribution in [0, 0.1) is 0 Å². The fraction of sp³-hybridized carbons (Fsp3) is 0.300. The smallest absolute Gasteiger partial charge is 0.163 e. The summed E-state index contributed by atoms with van der Waals surface area (Å²) in [5.41, 5.74) is 1.88. The minimum atomic E-state index is 0.177. The van der Waals surface area contributed by atoms with Gasteiger partial charge in [0.15, 0.2) is 5.78 Å². The molecular weight excluding hydrogens is 376 g/mol. The van der Waals surface area contributed by atoms with Crippen molar-refractivity contribution in [3.05, 3.63) is 33.8 Å². The van der Waals surface area contributed by atoms with Gasteiger partial charge in [-0.1, -0.05) is 53.9 Å². The SMILES string of the molecule is O=C(CCBr)c1ccc(Br)c(CBr)c1. The number of rotatable bonds is 4. The molecule has 0 N–H and O–H groups in total. The van der Waals surface area contributed by atoms with Crippen molar-refractivity contribution in [1.29, 1.82) is 0 Å². The topological polar surface area (TPSA) is 17.1 Å². The van der Waals surface area contributed by atoms with Crippen molar-refractivity contribution in [2.75, 3.05) is 5.33 Å². The summed E-state index contributed by atoms with van der Waals surface area (Å²) in [5, 5.41) is 1.47. The van der Waals surface area contributed by atoms with E-state index in [-0.39, 0.29) is 5.78 Å². The van der Waals surface area contributed by atoms with Gasteiger partial charge in [0, 0.05) is 27.1 Å². The zero-order chi connectivity index (χ0) is 10.6. The van der Waals surface area contributed by atoms with E-state index < -0.39 is 0 Å². The Balaban J connectivity index is 2.94. The molecule has 0 atom stereocenters. The molecule has 1 rings (SSSR count). The van der Waals surface area contributed by atoms with Gasteiger partial charge >= 0.3 is 0 Å². The highest BCUT2D eigenvalue weighted by atomic mass is 79.9. The van der Waals surface area contributed by atoms with E-state index in [2.05, 4.69) is 47.8 Å². The molecule has 0 unspecified atom stereocenters. The van der Waals surface area contributed by atoms with Crippen molar-refractivity contribution in [1.82, 2.24) is 0 Å². The molecular formula is C10H9Br3O. The molecule has 0 aliphatic rings. The Morgan fingerprint density at radius 3 is 2.57 bits per heavy atom. The van der Waals surface area contributed by atoms with Crippen molar-refractivity contribution in [3.8, 4) is 0 Å². The summed E-state index contributed by atoms with van der Waals surface area (Å²) in [7, 11) is 0. The molecule has 0 radical (unpaired) electrons. The van der Waals surface area contributed by atoms with Crippen molar-refractivity contribution in [3.63, 3.8) is 0 Å². The van der Waals surface area contributed by atoms with Crippen LogP contribution in [0.4, 0.5) is 0 Å². The lowest BCUT2D eigenvalue weighted by molar-refractivity contribution is 0.0990. The molecule has 0 heterocycles. The fourth-order valence-electron chi connectivity index (χ4n) is 1.08. The van der Waals surface area contributed by atoms with Crippen molar-refractivity contribution in [2.24, 2.45) is 0 Å². The summed E-state index contributed by atoms with van der Waals surface area (Å²) in [4.78, 5) is 11.6. The molecule has 0 aliphatic heterocycles. The lowest BCUT2D eigenvalue weighted by atomic mass is 10.1. The first kappa shape index (κ1) is 12.4. The Bertz CT molecular complexity index is 336. The highest BCUT2D eigenvalue weighted by Crippen LogP contribution is 2.21. The van der Waals surface area contributed by atoms with Crippen LogP contribution in [0.5, 0.6) is 0 Å². The predicted molar refractivity (Wildman–Crippen MR) is 69.5 cm³/mol. The molecule has 14 heavy (non-hydrogen) atoms. The Hall–Kier alpha value is 0.330. The molecule has 0 spiro atoms. The lowest BCUT2D eigenvalue weighted by Crippen LogP contribution is -2.00. The van der Waals surface area contributed by atoms with E-state index in [4.69, 9.17) is 0 Å². The molecule has 1 nitrogen and oxygen atoms in total. The van der Waals surface area contributed by atoms with Gasteiger partial charge in [0.2, 0.25) is 0 Å². The number of hydrogen-bond donors (Lipinski definition) is 0. The largest absolute Gasteiger partial charge is 0.294 e. The molecule has 76 valence electrons. The van der Waals surface area contributed by atoms with Gasteiger partial charge in [0.25, 0.3) is 0 Å². The van der Waals surface area contributed by atoms with Gasteiger partial charge in [0.1, 0.15) is 0 Å². The Kier molecular flexibility index (Phi) is 5.34. The van der Waals surface area contributed by atoms with Gasteiger partial charge in [-0.3, -0.25) is 4.79 Å². The molecule has 0 saturated heterocycles. The quantitative estimate of drug-likeness (QED) is 0.558. The summed E-state index contributed by atoms with van der Waals surface area (Å²) in [6, 6.07) is 5.68. The zero-order valence-corrected chi connectivity index (χ0v) is 12.2. The number of alkyl halides is 2. The van der Waals surface area contributed by atoms with Crippen LogP contribution in [0.3, 0.4) is 0 Å². The second kappa shape index (κ2) is 6.03. The van der Waals surface area contributed by atoms with Gasteiger partial charge in [-0.05, 0) is 17.7 Å². The van der Waals surface area contributed by atoms with Crippen LogP contribution in [-0.2, 0) is 5.33 Å². The van der Waals surface area contributed by atoms with Crippen LogP contribution in [0.15, 0.2) is 22.7 Å². The van der Waals surface area contributed by atoms with Gasteiger partial charge in [-0.2, -0.15) is 0 Å². The van der Waals surface area contributed by atoms with Crippen LogP contribution in [0.1, 0.15) is 22.3 Å². The maximum absolute atomic E-state index is 11.6. The number of carbonyl (C=O) groups excluding carboxylic acids is 1. The molecule has 0 aliphatic carbocycles. The van der Waals surface area contributed by atoms with Crippen molar-refractivity contribution >= 4 is 53.6 Å². The monoisotopic (exact) mass is 382 g/mol. The van der Waals surface area contributed by atoms with E-state index in [1.165, 1.54) is 0 Å². The number of ketones is 1. The predicted octanol–water partition coefficient (Wildman–Crippen LogP) is 4.31. The Morgan fingerprint density at radius 2 is 2.00 bits per heavy atom. The molecule has 1 aromatic rings. The van der Waals surface area contributed by atoms with Gasteiger partial charge < -0.3 is 0 Å². The van der Waals surface area contributed by atoms with Gasteiger partial charge in [-0.25, -0.2) is 0 Å². The van der Waals surface area contributed by atoms with Crippen LogP contribution in [-0.4, -0.2) is 11.1 Å². The molecule has 0 amide bonds. The second-order valence-corrected chi connectivity index (χ2v) is 5.01. The molecule has 4 heteroatoms. The second-order valence-electron chi connectivity index (χ2n) is 2.80. The third kappa shape index (κ3) is 3.17. The van der Waals surface area contributed by atoms with Crippen LogP contribution in [0.25, 0.3) is 0 Å². The molecule has 0 fully saturated rings. The maximum Gasteiger partial charge on any atom is 0.163 e. The number of hydrogen-bond acceptors (Lipinski definition) is 1. The third-order valence-electron chi connectivity index (χ3n) is 1.83. The van der Waals surface area contributed by atoms with Crippen LogP contribution in [0.2, 0.25) is 0 Å². The van der Waals surface area contributed by atoms with Gasteiger partial charge in [0.05, 0.1) is 0 Å². The molecule has 0 saturated carbocycles. The summed E-state index contributed by atoms with van der Waals surface area (Å²) >= 11 is 10.1. The Labute approximate surface area is 109 Å².